The number of nitrogens with zero attached hydrogens (tertiary/aromatic N) is 3. The van der Waals surface area contributed by atoms with E-state index in [-0.39, 0.29) is 11.8 Å². The highest BCUT2D eigenvalue weighted by Gasteiger charge is 2.16. The van der Waals surface area contributed by atoms with Gasteiger partial charge in [-0.1, -0.05) is 0 Å². The second-order valence-electron chi connectivity index (χ2n) is 5.13. The lowest BCUT2D eigenvalue weighted by Crippen LogP contribution is -2.04. The van der Waals surface area contributed by atoms with Gasteiger partial charge in [-0.3, -0.25) is 0 Å². The molecule has 0 bridgehead atoms. The number of hydrogen-bond acceptors (Lipinski definition) is 4. The van der Waals surface area contributed by atoms with Gasteiger partial charge in [0.05, 0.1) is 7.11 Å². The van der Waals surface area contributed by atoms with Crippen molar-refractivity contribution in [3.05, 3.63) is 36.5 Å². The first-order valence-electron chi connectivity index (χ1n) is 6.82. The molecule has 108 valence electrons. The highest BCUT2D eigenvalue weighted by atomic mass is 16.5. The Bertz CT molecular complexity index is 793. The van der Waals surface area contributed by atoms with Crippen LogP contribution in [-0.4, -0.2) is 26.8 Å². The molecule has 3 aromatic rings. The average Bonchev–Trinajstić information content (AvgIpc) is 2.86. The fourth-order valence-electron chi connectivity index (χ4n) is 2.45. The number of fused-ring (bicyclic) bond motifs is 1. The number of imidazole rings is 1. The van der Waals surface area contributed by atoms with Crippen molar-refractivity contribution in [2.75, 3.05) is 7.11 Å². The van der Waals surface area contributed by atoms with Crippen LogP contribution in [0.4, 0.5) is 0 Å². The Balaban J connectivity index is 2.24. The predicted molar refractivity (Wildman–Crippen MR) is 81.6 cm³/mol. The Morgan fingerprint density at radius 3 is 2.71 bits per heavy atom. The lowest BCUT2D eigenvalue weighted by molar-refractivity contribution is 0.373. The maximum absolute atomic E-state index is 9.98. The fraction of sp³-hybridized carbons (Fsp3) is 0.250. The zero-order valence-corrected chi connectivity index (χ0v) is 12.2. The van der Waals surface area contributed by atoms with Crippen LogP contribution >= 0.6 is 0 Å². The van der Waals surface area contributed by atoms with E-state index in [0.29, 0.717) is 5.75 Å². The van der Waals surface area contributed by atoms with E-state index in [2.05, 4.69) is 28.4 Å². The molecule has 2 heterocycles. The number of pyridine rings is 1. The molecule has 0 amide bonds. The molecule has 5 heteroatoms. The van der Waals surface area contributed by atoms with Crippen LogP contribution in [0, 0.1) is 0 Å². The average molecular weight is 283 g/mol. The van der Waals surface area contributed by atoms with Gasteiger partial charge >= 0.3 is 0 Å². The molecule has 2 aromatic heterocycles. The van der Waals surface area contributed by atoms with Crippen molar-refractivity contribution in [1.29, 1.82) is 0 Å². The summed E-state index contributed by atoms with van der Waals surface area (Å²) in [7, 11) is 1.53. The Kier molecular flexibility index (Phi) is 3.25. The third-order valence-electron chi connectivity index (χ3n) is 3.40. The lowest BCUT2D eigenvalue weighted by atomic mass is 10.2. The van der Waals surface area contributed by atoms with Crippen LogP contribution in [0.2, 0.25) is 0 Å². The summed E-state index contributed by atoms with van der Waals surface area (Å²) < 4.78 is 7.15. The molecule has 0 saturated heterocycles. The first-order valence-corrected chi connectivity index (χ1v) is 6.82. The standard InChI is InChI=1S/C16H17N3O2/c1-10(2)19-15(18-12-5-4-8-17-16(12)19)11-6-7-14(21-3)13(20)9-11/h4-10,20H,1-3H3. The summed E-state index contributed by atoms with van der Waals surface area (Å²) >= 11 is 0. The van der Waals surface area contributed by atoms with Crippen molar-refractivity contribution in [2.45, 2.75) is 19.9 Å². The van der Waals surface area contributed by atoms with Gasteiger partial charge in [-0.25, -0.2) is 9.97 Å². The minimum Gasteiger partial charge on any atom is -0.504 e. The Morgan fingerprint density at radius 1 is 1.24 bits per heavy atom. The number of rotatable bonds is 3. The Hall–Kier alpha value is -2.56. The van der Waals surface area contributed by atoms with Gasteiger partial charge in [0, 0.05) is 17.8 Å². The molecule has 0 aliphatic rings. The van der Waals surface area contributed by atoms with E-state index in [1.807, 2.05) is 18.2 Å². The van der Waals surface area contributed by atoms with Gasteiger partial charge in [0.25, 0.3) is 0 Å². The van der Waals surface area contributed by atoms with Crippen LogP contribution < -0.4 is 4.74 Å². The number of phenolic OH excluding ortho intramolecular Hbond substituents is 1. The predicted octanol–water partition coefficient (Wildman–Crippen LogP) is 3.39. The molecule has 0 saturated carbocycles. The van der Waals surface area contributed by atoms with E-state index in [1.165, 1.54) is 7.11 Å². The van der Waals surface area contributed by atoms with Crippen LogP contribution in [-0.2, 0) is 0 Å². The van der Waals surface area contributed by atoms with Gasteiger partial charge in [0.2, 0.25) is 0 Å². The van der Waals surface area contributed by atoms with Gasteiger partial charge in [0.15, 0.2) is 17.1 Å². The molecule has 21 heavy (non-hydrogen) atoms. The minimum absolute atomic E-state index is 0.102. The molecule has 0 radical (unpaired) electrons. The smallest absolute Gasteiger partial charge is 0.160 e. The third-order valence-corrected chi connectivity index (χ3v) is 3.40. The summed E-state index contributed by atoms with van der Waals surface area (Å²) in [6.45, 7) is 4.17. The van der Waals surface area contributed by atoms with E-state index in [1.54, 1.807) is 18.3 Å². The van der Waals surface area contributed by atoms with Crippen molar-refractivity contribution in [1.82, 2.24) is 14.5 Å². The number of methoxy groups -OCH3 is 1. The third kappa shape index (κ3) is 2.20. The number of benzene rings is 1. The summed E-state index contributed by atoms with van der Waals surface area (Å²) in [5.74, 6) is 1.34. The number of hydrogen-bond donors (Lipinski definition) is 1. The van der Waals surface area contributed by atoms with E-state index in [0.717, 1.165) is 22.6 Å². The van der Waals surface area contributed by atoms with Gasteiger partial charge in [-0.05, 0) is 44.2 Å². The van der Waals surface area contributed by atoms with Crippen LogP contribution in [0.15, 0.2) is 36.5 Å². The largest absolute Gasteiger partial charge is 0.504 e. The van der Waals surface area contributed by atoms with E-state index in [9.17, 15) is 5.11 Å². The first-order chi connectivity index (χ1) is 10.1. The van der Waals surface area contributed by atoms with Crippen molar-refractivity contribution in [3.63, 3.8) is 0 Å². The number of phenols is 1. The van der Waals surface area contributed by atoms with Crippen LogP contribution in [0.1, 0.15) is 19.9 Å². The fourth-order valence-corrected chi connectivity index (χ4v) is 2.45. The maximum Gasteiger partial charge on any atom is 0.160 e. The number of aromatic nitrogens is 3. The highest BCUT2D eigenvalue weighted by Crippen LogP contribution is 2.33. The molecular weight excluding hydrogens is 266 g/mol. The van der Waals surface area contributed by atoms with Gasteiger partial charge in [0.1, 0.15) is 11.3 Å². The van der Waals surface area contributed by atoms with Crippen LogP contribution in [0.5, 0.6) is 11.5 Å². The van der Waals surface area contributed by atoms with Gasteiger partial charge < -0.3 is 14.4 Å². The second kappa shape index (κ2) is 5.09. The molecule has 3 rings (SSSR count). The van der Waals surface area contributed by atoms with Crippen LogP contribution in [0.3, 0.4) is 0 Å². The van der Waals surface area contributed by atoms with Crippen LogP contribution in [0.25, 0.3) is 22.6 Å². The molecule has 1 N–H and O–H groups in total. The van der Waals surface area contributed by atoms with E-state index >= 15 is 0 Å². The summed E-state index contributed by atoms with van der Waals surface area (Å²) in [6.07, 6.45) is 1.76. The molecular formula is C16H17N3O2. The minimum atomic E-state index is 0.102. The molecule has 5 nitrogen and oxygen atoms in total. The summed E-state index contributed by atoms with van der Waals surface area (Å²) in [5.41, 5.74) is 2.52. The number of ether oxygens (including phenoxy) is 1. The normalized spacial score (nSPS) is 11.2. The highest BCUT2D eigenvalue weighted by molar-refractivity contribution is 5.77. The Labute approximate surface area is 122 Å². The maximum atomic E-state index is 9.98. The zero-order chi connectivity index (χ0) is 15.0. The zero-order valence-electron chi connectivity index (χ0n) is 12.2. The molecule has 0 unspecified atom stereocenters. The van der Waals surface area contributed by atoms with Gasteiger partial charge in [-0.2, -0.15) is 0 Å². The molecule has 0 spiro atoms. The molecule has 0 fully saturated rings. The Morgan fingerprint density at radius 2 is 2.05 bits per heavy atom. The van der Waals surface area contributed by atoms with E-state index < -0.39 is 0 Å². The van der Waals surface area contributed by atoms with Crippen molar-refractivity contribution >= 4 is 11.2 Å². The molecule has 0 aliphatic heterocycles. The second-order valence-corrected chi connectivity index (χ2v) is 5.13. The monoisotopic (exact) mass is 283 g/mol. The molecule has 0 atom stereocenters. The first kappa shape index (κ1) is 13.4. The summed E-state index contributed by atoms with van der Waals surface area (Å²) in [5, 5.41) is 9.98. The lowest BCUT2D eigenvalue weighted by Gasteiger charge is -2.13. The summed E-state index contributed by atoms with van der Waals surface area (Å²) in [6, 6.07) is 9.31. The van der Waals surface area contributed by atoms with Crippen molar-refractivity contribution in [3.8, 4) is 22.9 Å². The van der Waals surface area contributed by atoms with Crippen molar-refractivity contribution in [2.24, 2.45) is 0 Å². The topological polar surface area (TPSA) is 60.2 Å². The van der Waals surface area contributed by atoms with Gasteiger partial charge in [-0.15, -0.1) is 0 Å². The summed E-state index contributed by atoms with van der Waals surface area (Å²) in [4.78, 5) is 9.07. The van der Waals surface area contributed by atoms with Crippen molar-refractivity contribution < 1.29 is 9.84 Å². The molecule has 0 aliphatic carbocycles. The molecule has 1 aromatic carbocycles. The SMILES string of the molecule is COc1ccc(-c2nc3cccnc3n2C(C)C)cc1O. The van der Waals surface area contributed by atoms with E-state index in [4.69, 9.17) is 4.74 Å². The quantitative estimate of drug-likeness (QED) is 0.800. The number of aromatic hydroxyl groups is 1.